The molecule has 0 spiro atoms. The van der Waals surface area contributed by atoms with Crippen LogP contribution in [0.5, 0.6) is 0 Å². The van der Waals surface area contributed by atoms with Crippen molar-refractivity contribution in [2.24, 2.45) is 5.92 Å². The molecule has 1 heterocycles. The molecular weight excluding hydrogens is 365 g/mol. The van der Waals surface area contributed by atoms with Crippen molar-refractivity contribution in [1.29, 1.82) is 0 Å². The van der Waals surface area contributed by atoms with E-state index in [1.807, 2.05) is 12.1 Å². The second-order valence-electron chi connectivity index (χ2n) is 4.94. The first kappa shape index (κ1) is 19.6. The zero-order valence-corrected chi connectivity index (χ0v) is 15.4. The Bertz CT molecular complexity index is 609. The maximum atomic E-state index is 5.99. The first-order valence-corrected chi connectivity index (χ1v) is 8.48. The first-order valence-electron chi connectivity index (χ1n) is 6.74. The zero-order valence-electron chi connectivity index (χ0n) is 12.4. The predicted molar refractivity (Wildman–Crippen MR) is 85.4 cm³/mol. The smallest absolute Gasteiger partial charge is 0.277 e. The summed E-state index contributed by atoms with van der Waals surface area (Å²) in [4.78, 5) is 0. The molecule has 0 saturated carbocycles. The lowest BCUT2D eigenvalue weighted by atomic mass is 10.0. The minimum atomic E-state index is 0. The number of thioether (sulfide) groups is 1. The molecule has 2 atom stereocenters. The van der Waals surface area contributed by atoms with Crippen molar-refractivity contribution >= 4 is 35.0 Å². The molecule has 3 N–H and O–H groups in total. The minimum absolute atomic E-state index is 0. The van der Waals surface area contributed by atoms with Crippen molar-refractivity contribution < 1.29 is 22.6 Å². The van der Waals surface area contributed by atoms with Gasteiger partial charge in [0, 0.05) is 11.7 Å². The fourth-order valence-electron chi connectivity index (χ4n) is 1.73. The maximum absolute atomic E-state index is 5.99. The van der Waals surface area contributed by atoms with Gasteiger partial charge in [-0.05, 0) is 24.1 Å². The summed E-state index contributed by atoms with van der Waals surface area (Å²) in [5.74, 6) is 1.71. The van der Waals surface area contributed by atoms with Crippen LogP contribution >= 0.6 is 35.0 Å². The molecule has 0 aliphatic rings. The van der Waals surface area contributed by atoms with Crippen molar-refractivity contribution in [3.05, 3.63) is 39.7 Å². The Hall–Kier alpha value is -0.460. The standard InChI is InChI=1S/C14H17Cl2N3OS.ClH/c1-3-8(2)12(17)13-18-19-14(20-13)21-7-9-4-5-10(15)11(16)6-9;/h4-6,8,12H,3,7,17H2,1-2H3;1H/t8?,12-;/m0./s1. The van der Waals surface area contributed by atoms with Crippen LogP contribution in [-0.2, 0) is 5.75 Å². The third-order valence-corrected chi connectivity index (χ3v) is 5.05. The molecule has 0 radical (unpaired) electrons. The number of quaternary nitrogens is 1. The SMILES string of the molecule is CCC(C)[C@H]([NH3+])c1nnc(SCc2ccc(Cl)c(Cl)c2)o1.[Cl-]. The maximum Gasteiger partial charge on any atom is 0.277 e. The molecule has 0 saturated heterocycles. The fraction of sp³-hybridized carbons (Fsp3) is 0.429. The molecule has 4 nitrogen and oxygen atoms in total. The molecule has 1 aromatic heterocycles. The second kappa shape index (κ2) is 8.99. The summed E-state index contributed by atoms with van der Waals surface area (Å²) >= 11 is 13.4. The highest BCUT2D eigenvalue weighted by atomic mass is 35.5. The molecule has 0 fully saturated rings. The summed E-state index contributed by atoms with van der Waals surface area (Å²) in [5, 5.41) is 9.79. The van der Waals surface area contributed by atoms with E-state index in [0.717, 1.165) is 12.0 Å². The Morgan fingerprint density at radius 1 is 1.27 bits per heavy atom. The summed E-state index contributed by atoms with van der Waals surface area (Å²) in [6.07, 6.45) is 1.03. The van der Waals surface area contributed by atoms with Crippen LogP contribution in [-0.4, -0.2) is 10.2 Å². The zero-order chi connectivity index (χ0) is 15.4. The van der Waals surface area contributed by atoms with E-state index >= 15 is 0 Å². The Balaban J connectivity index is 0.00000242. The third-order valence-electron chi connectivity index (χ3n) is 3.42. The van der Waals surface area contributed by atoms with E-state index in [1.54, 1.807) is 6.07 Å². The lowest BCUT2D eigenvalue weighted by Gasteiger charge is -2.09. The van der Waals surface area contributed by atoms with Gasteiger partial charge in [0.05, 0.1) is 10.0 Å². The molecule has 2 aromatic rings. The number of hydrogen-bond donors (Lipinski definition) is 1. The van der Waals surface area contributed by atoms with E-state index in [0.29, 0.717) is 32.8 Å². The monoisotopic (exact) mass is 381 g/mol. The lowest BCUT2D eigenvalue weighted by Crippen LogP contribution is -3.00. The Kier molecular flexibility index (Phi) is 8.00. The average molecular weight is 383 g/mol. The largest absolute Gasteiger partial charge is 1.00 e. The Labute approximate surface area is 150 Å². The van der Waals surface area contributed by atoms with Crippen LogP contribution in [0.1, 0.15) is 37.8 Å². The van der Waals surface area contributed by atoms with E-state index in [-0.39, 0.29) is 18.4 Å². The highest BCUT2D eigenvalue weighted by Gasteiger charge is 2.23. The van der Waals surface area contributed by atoms with Gasteiger partial charge < -0.3 is 22.6 Å². The first-order chi connectivity index (χ1) is 10.0. The van der Waals surface area contributed by atoms with Crippen molar-refractivity contribution in [3.8, 4) is 0 Å². The van der Waals surface area contributed by atoms with Gasteiger partial charge in [-0.15, -0.1) is 10.2 Å². The molecule has 22 heavy (non-hydrogen) atoms. The fourth-order valence-corrected chi connectivity index (χ4v) is 2.76. The number of nitrogens with zero attached hydrogens (tertiary/aromatic N) is 2. The van der Waals surface area contributed by atoms with Crippen LogP contribution in [0.2, 0.25) is 10.0 Å². The van der Waals surface area contributed by atoms with E-state index in [2.05, 4.69) is 29.8 Å². The lowest BCUT2D eigenvalue weighted by molar-refractivity contribution is -0.444. The van der Waals surface area contributed by atoms with Crippen molar-refractivity contribution in [2.75, 3.05) is 0 Å². The highest BCUT2D eigenvalue weighted by molar-refractivity contribution is 7.98. The minimum Gasteiger partial charge on any atom is -1.00 e. The van der Waals surface area contributed by atoms with Gasteiger partial charge >= 0.3 is 0 Å². The molecule has 122 valence electrons. The quantitative estimate of drug-likeness (QED) is 0.757. The van der Waals surface area contributed by atoms with Gasteiger partial charge in [0.2, 0.25) is 0 Å². The van der Waals surface area contributed by atoms with Crippen molar-refractivity contribution in [2.45, 2.75) is 37.3 Å². The summed E-state index contributed by atoms with van der Waals surface area (Å²) in [5.41, 5.74) is 5.15. The van der Waals surface area contributed by atoms with Crippen LogP contribution in [0.3, 0.4) is 0 Å². The van der Waals surface area contributed by atoms with Crippen LogP contribution in [0.25, 0.3) is 0 Å². The number of benzene rings is 1. The van der Waals surface area contributed by atoms with Crippen molar-refractivity contribution in [1.82, 2.24) is 10.2 Å². The highest BCUT2D eigenvalue weighted by Crippen LogP contribution is 2.28. The van der Waals surface area contributed by atoms with Gasteiger partial charge in [-0.25, -0.2) is 0 Å². The van der Waals surface area contributed by atoms with Gasteiger partial charge in [-0.3, -0.25) is 0 Å². The van der Waals surface area contributed by atoms with E-state index in [1.165, 1.54) is 11.8 Å². The van der Waals surface area contributed by atoms with Crippen LogP contribution < -0.4 is 18.1 Å². The Morgan fingerprint density at radius 2 is 2.00 bits per heavy atom. The molecule has 0 amide bonds. The van der Waals surface area contributed by atoms with Gasteiger partial charge in [0.1, 0.15) is 0 Å². The molecule has 0 bridgehead atoms. The predicted octanol–water partition coefficient (Wildman–Crippen LogP) is 1.00. The number of halogens is 3. The van der Waals surface area contributed by atoms with Gasteiger partial charge in [0.15, 0.2) is 6.04 Å². The number of rotatable bonds is 6. The molecule has 1 unspecified atom stereocenters. The molecule has 2 rings (SSSR count). The van der Waals surface area contributed by atoms with E-state index < -0.39 is 0 Å². The van der Waals surface area contributed by atoms with Gasteiger partial charge in [0.25, 0.3) is 11.1 Å². The van der Waals surface area contributed by atoms with Gasteiger partial charge in [-0.2, -0.15) is 0 Å². The van der Waals surface area contributed by atoms with E-state index in [4.69, 9.17) is 27.6 Å². The normalized spacial score (nSPS) is 13.5. The van der Waals surface area contributed by atoms with Crippen LogP contribution in [0.15, 0.2) is 27.8 Å². The van der Waals surface area contributed by atoms with Gasteiger partial charge in [-0.1, -0.05) is 54.9 Å². The summed E-state index contributed by atoms with van der Waals surface area (Å²) in [6.45, 7) is 4.25. The third kappa shape index (κ3) is 5.03. The van der Waals surface area contributed by atoms with Crippen molar-refractivity contribution in [3.63, 3.8) is 0 Å². The summed E-state index contributed by atoms with van der Waals surface area (Å²) in [6, 6.07) is 5.59. The van der Waals surface area contributed by atoms with Crippen LogP contribution in [0.4, 0.5) is 0 Å². The molecule has 0 aliphatic carbocycles. The molecule has 0 aliphatic heterocycles. The second-order valence-corrected chi connectivity index (χ2v) is 6.68. The number of aromatic nitrogens is 2. The summed E-state index contributed by atoms with van der Waals surface area (Å²) in [7, 11) is 0. The summed E-state index contributed by atoms with van der Waals surface area (Å²) < 4.78 is 5.66. The molecular formula is C14H18Cl3N3OS. The molecule has 8 heteroatoms. The molecule has 1 aromatic carbocycles. The topological polar surface area (TPSA) is 66.6 Å². The van der Waals surface area contributed by atoms with Crippen LogP contribution in [0, 0.1) is 5.92 Å². The van der Waals surface area contributed by atoms with E-state index in [9.17, 15) is 0 Å². The Morgan fingerprint density at radius 3 is 2.64 bits per heavy atom. The number of hydrogen-bond acceptors (Lipinski definition) is 4. The average Bonchev–Trinajstić information content (AvgIpc) is 2.95.